The first-order valence-corrected chi connectivity index (χ1v) is 6.61. The Balaban J connectivity index is 2.68. The standard InChI is InChI=1S/C11H21NO2S/c1-9(13)8-10-6-5-7-12(10)15(14)11(2,3)4/h10H,5-8H2,1-4H3/t10-,15+/m0/s1. The number of carbonyl (C=O) groups excluding carboxylic acids is 1. The van der Waals surface area contributed by atoms with Crippen LogP contribution in [-0.2, 0) is 15.8 Å². The van der Waals surface area contributed by atoms with Crippen molar-refractivity contribution in [1.82, 2.24) is 4.31 Å². The Kier molecular flexibility index (Phi) is 4.06. The molecule has 1 saturated heterocycles. The Morgan fingerprint density at radius 2 is 2.07 bits per heavy atom. The molecule has 0 aromatic heterocycles. The van der Waals surface area contributed by atoms with Crippen molar-refractivity contribution in [3.63, 3.8) is 0 Å². The summed E-state index contributed by atoms with van der Waals surface area (Å²) in [6, 6.07) is 0.197. The number of ketones is 1. The van der Waals surface area contributed by atoms with Gasteiger partial charge in [0, 0.05) is 19.0 Å². The summed E-state index contributed by atoms with van der Waals surface area (Å²) in [5.41, 5.74) is 0. The number of hydrogen-bond donors (Lipinski definition) is 0. The third kappa shape index (κ3) is 3.38. The molecule has 0 aromatic rings. The molecule has 0 amide bonds. The van der Waals surface area contributed by atoms with E-state index in [9.17, 15) is 9.00 Å². The van der Waals surface area contributed by atoms with Gasteiger partial charge in [0.25, 0.3) is 0 Å². The molecule has 4 heteroatoms. The average molecular weight is 231 g/mol. The highest BCUT2D eigenvalue weighted by Gasteiger charge is 2.34. The second-order valence-electron chi connectivity index (χ2n) is 5.20. The summed E-state index contributed by atoms with van der Waals surface area (Å²) < 4.78 is 14.0. The first kappa shape index (κ1) is 12.8. The van der Waals surface area contributed by atoms with E-state index in [-0.39, 0.29) is 16.6 Å². The molecule has 0 aliphatic carbocycles. The predicted molar refractivity (Wildman–Crippen MR) is 62.9 cm³/mol. The van der Waals surface area contributed by atoms with Gasteiger partial charge >= 0.3 is 0 Å². The lowest BCUT2D eigenvalue weighted by molar-refractivity contribution is -0.117. The van der Waals surface area contributed by atoms with Crippen LogP contribution >= 0.6 is 0 Å². The molecule has 2 atom stereocenters. The van der Waals surface area contributed by atoms with Gasteiger partial charge in [-0.05, 0) is 40.5 Å². The lowest BCUT2D eigenvalue weighted by Gasteiger charge is -2.29. The first-order valence-electron chi connectivity index (χ1n) is 5.50. The van der Waals surface area contributed by atoms with Gasteiger partial charge in [-0.1, -0.05) is 0 Å². The second kappa shape index (κ2) is 4.74. The van der Waals surface area contributed by atoms with Gasteiger partial charge in [0.05, 0.1) is 15.7 Å². The van der Waals surface area contributed by atoms with Crippen LogP contribution in [0.2, 0.25) is 0 Å². The molecule has 1 fully saturated rings. The van der Waals surface area contributed by atoms with Crippen LogP contribution in [0.15, 0.2) is 0 Å². The number of Topliss-reactive ketones (excluding diaryl/α,β-unsaturated/α-hetero) is 1. The van der Waals surface area contributed by atoms with Crippen molar-refractivity contribution in [2.45, 2.75) is 57.7 Å². The van der Waals surface area contributed by atoms with E-state index in [0.717, 1.165) is 19.4 Å². The summed E-state index contributed by atoms with van der Waals surface area (Å²) in [5, 5.41) is 0. The number of nitrogens with zero attached hydrogens (tertiary/aromatic N) is 1. The van der Waals surface area contributed by atoms with Crippen molar-refractivity contribution in [2.75, 3.05) is 6.54 Å². The van der Waals surface area contributed by atoms with E-state index in [0.29, 0.717) is 6.42 Å². The fraction of sp³-hybridized carbons (Fsp3) is 0.909. The van der Waals surface area contributed by atoms with Crippen molar-refractivity contribution in [2.24, 2.45) is 0 Å². The minimum absolute atomic E-state index is 0.192. The maximum absolute atomic E-state index is 12.2. The van der Waals surface area contributed by atoms with Crippen LogP contribution in [0.3, 0.4) is 0 Å². The molecular formula is C11H21NO2S. The molecule has 15 heavy (non-hydrogen) atoms. The molecule has 1 aliphatic rings. The molecule has 0 N–H and O–H groups in total. The van der Waals surface area contributed by atoms with Gasteiger partial charge in [0.1, 0.15) is 5.78 Å². The summed E-state index contributed by atoms with van der Waals surface area (Å²) in [5.74, 6) is 0.192. The zero-order valence-corrected chi connectivity index (χ0v) is 10.9. The van der Waals surface area contributed by atoms with Crippen molar-refractivity contribution < 1.29 is 9.00 Å². The topological polar surface area (TPSA) is 37.4 Å². The van der Waals surface area contributed by atoms with Gasteiger partial charge < -0.3 is 0 Å². The van der Waals surface area contributed by atoms with Crippen LogP contribution in [0.4, 0.5) is 0 Å². The van der Waals surface area contributed by atoms with Gasteiger partial charge in [0.2, 0.25) is 0 Å². The van der Waals surface area contributed by atoms with E-state index in [1.165, 1.54) is 0 Å². The van der Waals surface area contributed by atoms with E-state index in [1.807, 2.05) is 25.1 Å². The second-order valence-corrected chi connectivity index (χ2v) is 7.40. The van der Waals surface area contributed by atoms with E-state index < -0.39 is 11.0 Å². The zero-order valence-electron chi connectivity index (χ0n) is 10.1. The van der Waals surface area contributed by atoms with Crippen molar-refractivity contribution >= 4 is 16.8 Å². The molecule has 0 bridgehead atoms. The molecule has 0 radical (unpaired) electrons. The molecule has 0 spiro atoms. The van der Waals surface area contributed by atoms with Crippen LogP contribution in [0.5, 0.6) is 0 Å². The van der Waals surface area contributed by atoms with Crippen molar-refractivity contribution in [3.05, 3.63) is 0 Å². The normalized spacial score (nSPS) is 25.5. The van der Waals surface area contributed by atoms with Crippen LogP contribution in [-0.4, -0.2) is 31.6 Å². The van der Waals surface area contributed by atoms with Crippen LogP contribution < -0.4 is 0 Å². The Morgan fingerprint density at radius 3 is 2.53 bits per heavy atom. The molecule has 1 rings (SSSR count). The van der Waals surface area contributed by atoms with Crippen LogP contribution in [0.1, 0.15) is 47.0 Å². The fourth-order valence-corrected chi connectivity index (χ4v) is 3.36. The Hall–Kier alpha value is -0.220. The molecule has 3 nitrogen and oxygen atoms in total. The molecule has 0 saturated carbocycles. The summed E-state index contributed by atoms with van der Waals surface area (Å²) in [6.07, 6.45) is 2.60. The summed E-state index contributed by atoms with van der Waals surface area (Å²) in [4.78, 5) is 11.1. The SMILES string of the molecule is CC(=O)C[C@@H]1CCCN1[S@](=O)C(C)(C)C. The maximum atomic E-state index is 12.2. The van der Waals surface area contributed by atoms with Crippen LogP contribution in [0, 0.1) is 0 Å². The maximum Gasteiger partial charge on any atom is 0.131 e. The third-order valence-electron chi connectivity index (χ3n) is 2.58. The van der Waals surface area contributed by atoms with Crippen LogP contribution in [0.25, 0.3) is 0 Å². The summed E-state index contributed by atoms with van der Waals surface area (Å²) in [7, 11) is -0.978. The Morgan fingerprint density at radius 1 is 1.47 bits per heavy atom. The average Bonchev–Trinajstić information content (AvgIpc) is 2.48. The Labute approximate surface area is 94.8 Å². The number of carbonyl (C=O) groups is 1. The minimum atomic E-state index is -0.978. The van der Waals surface area contributed by atoms with E-state index >= 15 is 0 Å². The molecular weight excluding hydrogens is 210 g/mol. The lowest BCUT2D eigenvalue weighted by atomic mass is 10.1. The molecule has 0 aromatic carbocycles. The molecule has 88 valence electrons. The highest BCUT2D eigenvalue weighted by atomic mass is 32.2. The highest BCUT2D eigenvalue weighted by molar-refractivity contribution is 7.84. The molecule has 1 heterocycles. The van der Waals surface area contributed by atoms with Gasteiger partial charge in [-0.15, -0.1) is 0 Å². The highest BCUT2D eigenvalue weighted by Crippen LogP contribution is 2.27. The summed E-state index contributed by atoms with van der Waals surface area (Å²) in [6.45, 7) is 8.41. The molecule has 0 unspecified atom stereocenters. The Bertz CT molecular complexity index is 270. The number of rotatable bonds is 3. The summed E-state index contributed by atoms with van der Waals surface area (Å²) >= 11 is 0. The van der Waals surface area contributed by atoms with Crippen molar-refractivity contribution in [1.29, 1.82) is 0 Å². The molecule has 1 aliphatic heterocycles. The predicted octanol–water partition coefficient (Wildman–Crippen LogP) is 1.89. The quantitative estimate of drug-likeness (QED) is 0.744. The van der Waals surface area contributed by atoms with E-state index in [1.54, 1.807) is 6.92 Å². The smallest absolute Gasteiger partial charge is 0.131 e. The lowest BCUT2D eigenvalue weighted by Crippen LogP contribution is -2.41. The van der Waals surface area contributed by atoms with Gasteiger partial charge in [-0.2, -0.15) is 0 Å². The first-order chi connectivity index (χ1) is 6.82. The van der Waals surface area contributed by atoms with Crippen molar-refractivity contribution in [3.8, 4) is 0 Å². The number of hydrogen-bond acceptors (Lipinski definition) is 2. The largest absolute Gasteiger partial charge is 0.300 e. The van der Waals surface area contributed by atoms with Gasteiger partial charge in [-0.25, -0.2) is 8.51 Å². The van der Waals surface area contributed by atoms with E-state index in [4.69, 9.17) is 0 Å². The minimum Gasteiger partial charge on any atom is -0.300 e. The fourth-order valence-electron chi connectivity index (χ4n) is 1.92. The van der Waals surface area contributed by atoms with E-state index in [2.05, 4.69) is 0 Å². The van der Waals surface area contributed by atoms with Gasteiger partial charge in [0.15, 0.2) is 0 Å². The monoisotopic (exact) mass is 231 g/mol. The van der Waals surface area contributed by atoms with Gasteiger partial charge in [-0.3, -0.25) is 4.79 Å². The third-order valence-corrected chi connectivity index (χ3v) is 4.54. The zero-order chi connectivity index (χ0) is 11.6.